The third-order valence-corrected chi connectivity index (χ3v) is 2.68. The van der Waals surface area contributed by atoms with Crippen LogP contribution >= 0.6 is 23.0 Å². The van der Waals surface area contributed by atoms with Gasteiger partial charge in [0.25, 0.3) is 0 Å². The maximum atomic E-state index is 9.67. The number of aliphatic hydroxyl groups is 1. The quantitative estimate of drug-likeness (QED) is 0.541. The third-order valence-electron chi connectivity index (χ3n) is 2.36. The predicted molar refractivity (Wildman–Crippen MR) is 49.1 cm³/mol. The second kappa shape index (κ2) is 3.09. The van der Waals surface area contributed by atoms with E-state index in [1.54, 1.807) is 23.0 Å². The topological polar surface area (TPSA) is 47.9 Å². The van der Waals surface area contributed by atoms with Crippen LogP contribution in [0.2, 0.25) is 0 Å². The summed E-state index contributed by atoms with van der Waals surface area (Å²) in [6.07, 6.45) is -1.06. The number of rotatable bonds is 2. The van der Waals surface area contributed by atoms with Crippen molar-refractivity contribution in [2.75, 3.05) is 13.2 Å². The molecule has 2 heterocycles. The van der Waals surface area contributed by atoms with Crippen molar-refractivity contribution in [2.45, 2.75) is 23.8 Å². The summed E-state index contributed by atoms with van der Waals surface area (Å²) in [5, 5.41) is 9.67. The minimum absolute atomic E-state index is 0.304. The fourth-order valence-electron chi connectivity index (χ4n) is 1.68. The summed E-state index contributed by atoms with van der Waals surface area (Å²) in [5.74, 6) is 0. The highest BCUT2D eigenvalue weighted by atomic mass is 127. The van der Waals surface area contributed by atoms with Crippen molar-refractivity contribution in [3.8, 4) is 0 Å². The van der Waals surface area contributed by atoms with Crippen LogP contribution in [0, 0.1) is 0 Å². The molecule has 2 rings (SSSR count). The van der Waals surface area contributed by atoms with Gasteiger partial charge in [-0.3, -0.25) is 0 Å². The minimum atomic E-state index is -0.731. The Morgan fingerprint density at radius 2 is 2.50 bits per heavy atom. The SMILES string of the molecule is [B][C@@H]1O[C@@]2(COI)COC1C2O. The van der Waals surface area contributed by atoms with E-state index in [-0.39, 0.29) is 0 Å². The number of ether oxygens (including phenoxy) is 2. The molecule has 6 heteroatoms. The lowest BCUT2D eigenvalue weighted by atomic mass is 9.92. The first-order chi connectivity index (χ1) is 5.69. The summed E-state index contributed by atoms with van der Waals surface area (Å²) >= 11 is 1.76. The van der Waals surface area contributed by atoms with Gasteiger partial charge >= 0.3 is 0 Å². The maximum Gasteiger partial charge on any atom is 0.143 e. The highest BCUT2D eigenvalue weighted by molar-refractivity contribution is 14.1. The molecule has 2 aliphatic heterocycles. The van der Waals surface area contributed by atoms with Gasteiger partial charge in [-0.15, -0.1) is 0 Å². The summed E-state index contributed by atoms with van der Waals surface area (Å²) in [4.78, 5) is 0. The Labute approximate surface area is 85.7 Å². The average molecular weight is 282 g/mol. The normalized spacial score (nSPS) is 51.7. The van der Waals surface area contributed by atoms with E-state index in [0.717, 1.165) is 0 Å². The summed E-state index contributed by atoms with van der Waals surface area (Å²) < 4.78 is 15.5. The summed E-state index contributed by atoms with van der Waals surface area (Å²) in [5.41, 5.74) is -0.731. The molecular weight excluding hydrogens is 274 g/mol. The zero-order chi connectivity index (χ0) is 8.77. The van der Waals surface area contributed by atoms with Gasteiger partial charge in [-0.2, -0.15) is 0 Å². The van der Waals surface area contributed by atoms with Crippen LogP contribution in [0.5, 0.6) is 0 Å². The molecule has 2 saturated heterocycles. The first kappa shape index (κ1) is 9.20. The molecule has 4 nitrogen and oxygen atoms in total. The van der Waals surface area contributed by atoms with E-state index < -0.39 is 23.8 Å². The molecule has 0 saturated carbocycles. The highest BCUT2D eigenvalue weighted by Gasteiger charge is 2.59. The van der Waals surface area contributed by atoms with Crippen molar-refractivity contribution in [3.63, 3.8) is 0 Å². The molecule has 2 aliphatic rings. The van der Waals surface area contributed by atoms with E-state index >= 15 is 0 Å². The zero-order valence-corrected chi connectivity index (χ0v) is 8.43. The monoisotopic (exact) mass is 282 g/mol. The van der Waals surface area contributed by atoms with Gasteiger partial charge in [-0.05, 0) is 0 Å². The first-order valence-corrected chi connectivity index (χ1v) is 4.54. The molecule has 0 aromatic heterocycles. The molecule has 0 amide bonds. The molecule has 12 heavy (non-hydrogen) atoms. The molecule has 0 aromatic rings. The second-order valence-electron chi connectivity index (χ2n) is 3.12. The van der Waals surface area contributed by atoms with Crippen LogP contribution in [0.15, 0.2) is 0 Å². The van der Waals surface area contributed by atoms with E-state index in [2.05, 4.69) is 0 Å². The molecule has 66 valence electrons. The Kier molecular flexibility index (Phi) is 2.37. The van der Waals surface area contributed by atoms with Gasteiger partial charge in [0.1, 0.15) is 48.7 Å². The van der Waals surface area contributed by atoms with Crippen LogP contribution in [0.3, 0.4) is 0 Å². The van der Waals surface area contributed by atoms with Crippen molar-refractivity contribution in [1.29, 1.82) is 0 Å². The first-order valence-electron chi connectivity index (χ1n) is 3.66. The van der Waals surface area contributed by atoms with Crippen molar-refractivity contribution in [3.05, 3.63) is 0 Å². The molecule has 2 fully saturated rings. The molecule has 0 spiro atoms. The highest BCUT2D eigenvalue weighted by Crippen LogP contribution is 2.39. The molecule has 2 bridgehead atoms. The Hall–Kier alpha value is 0.635. The van der Waals surface area contributed by atoms with Gasteiger partial charge in [0, 0.05) is 6.00 Å². The number of hydrogen-bond acceptors (Lipinski definition) is 4. The summed E-state index contributed by atoms with van der Waals surface area (Å²) in [7, 11) is 5.56. The molecular formula is C6H8BIO4. The Balaban J connectivity index is 2.15. The molecule has 1 N–H and O–H groups in total. The lowest BCUT2D eigenvalue weighted by molar-refractivity contribution is -0.128. The Bertz CT molecular complexity index is 192. The van der Waals surface area contributed by atoms with E-state index in [1.807, 2.05) is 0 Å². The maximum absolute atomic E-state index is 9.67. The Morgan fingerprint density at radius 1 is 1.75 bits per heavy atom. The molecule has 0 aliphatic carbocycles. The average Bonchev–Trinajstić information content (AvgIpc) is 2.41. The third kappa shape index (κ3) is 1.12. The van der Waals surface area contributed by atoms with E-state index in [1.165, 1.54) is 0 Å². The van der Waals surface area contributed by atoms with Crippen molar-refractivity contribution in [2.24, 2.45) is 0 Å². The van der Waals surface area contributed by atoms with Gasteiger partial charge in [0.2, 0.25) is 0 Å². The lowest BCUT2D eigenvalue weighted by Gasteiger charge is -2.28. The van der Waals surface area contributed by atoms with Gasteiger partial charge in [0.15, 0.2) is 0 Å². The fourth-order valence-corrected chi connectivity index (χ4v) is 2.21. The van der Waals surface area contributed by atoms with Crippen molar-refractivity contribution in [1.82, 2.24) is 0 Å². The number of hydrogen-bond donors (Lipinski definition) is 1. The van der Waals surface area contributed by atoms with Crippen LogP contribution in [-0.4, -0.2) is 50.0 Å². The van der Waals surface area contributed by atoms with Crippen LogP contribution in [0.25, 0.3) is 0 Å². The predicted octanol–water partition coefficient (Wildman–Crippen LogP) is -0.624. The van der Waals surface area contributed by atoms with Crippen LogP contribution in [-0.2, 0) is 12.5 Å². The van der Waals surface area contributed by atoms with Gasteiger partial charge in [-0.25, -0.2) is 0 Å². The second-order valence-corrected chi connectivity index (χ2v) is 3.74. The van der Waals surface area contributed by atoms with E-state index in [4.69, 9.17) is 20.4 Å². The molecule has 2 unspecified atom stereocenters. The molecule has 4 atom stereocenters. The molecule has 2 radical (unpaired) electrons. The van der Waals surface area contributed by atoms with Gasteiger partial charge < -0.3 is 17.6 Å². The van der Waals surface area contributed by atoms with E-state index in [0.29, 0.717) is 13.2 Å². The largest absolute Gasteiger partial charge is 0.387 e. The number of aliphatic hydroxyl groups excluding tert-OH is 1. The minimum Gasteiger partial charge on any atom is -0.387 e. The smallest absolute Gasteiger partial charge is 0.143 e. The van der Waals surface area contributed by atoms with Gasteiger partial charge in [0.05, 0.1) is 13.2 Å². The van der Waals surface area contributed by atoms with Crippen LogP contribution in [0.1, 0.15) is 0 Å². The van der Waals surface area contributed by atoms with Crippen molar-refractivity contribution < 1.29 is 17.6 Å². The van der Waals surface area contributed by atoms with Crippen LogP contribution in [0.4, 0.5) is 0 Å². The van der Waals surface area contributed by atoms with Crippen LogP contribution < -0.4 is 0 Å². The number of halogens is 1. The summed E-state index contributed by atoms with van der Waals surface area (Å²) in [6, 6.07) is -0.528. The number of fused-ring (bicyclic) bond motifs is 2. The van der Waals surface area contributed by atoms with Gasteiger partial charge in [-0.1, -0.05) is 0 Å². The van der Waals surface area contributed by atoms with E-state index in [9.17, 15) is 5.11 Å². The Morgan fingerprint density at radius 3 is 2.92 bits per heavy atom. The summed E-state index contributed by atoms with van der Waals surface area (Å²) in [6.45, 7) is 0.661. The molecule has 0 aromatic carbocycles. The standard InChI is InChI=1S/C6H8BIO4/c7-5-3-4(9)6(12-5,1-10-3)2-11-8/h3-5,9H,1-2H2/t3?,4?,5-,6-/m1/s1. The van der Waals surface area contributed by atoms with Crippen molar-refractivity contribution >= 4 is 30.9 Å². The fraction of sp³-hybridized carbons (Fsp3) is 1.00. The lowest BCUT2D eigenvalue weighted by Crippen LogP contribution is -2.44. The zero-order valence-electron chi connectivity index (χ0n) is 6.27.